The predicted octanol–water partition coefficient (Wildman–Crippen LogP) is 3.60. The molecule has 0 N–H and O–H groups in total. The quantitative estimate of drug-likeness (QED) is 0.782. The highest BCUT2D eigenvalue weighted by Crippen LogP contribution is 2.23. The van der Waals surface area contributed by atoms with Crippen LogP contribution in [0.25, 0.3) is 0 Å². The van der Waals surface area contributed by atoms with Crippen LogP contribution in [0.4, 0.5) is 5.69 Å². The van der Waals surface area contributed by atoms with E-state index in [4.69, 9.17) is 0 Å². The van der Waals surface area contributed by atoms with Gasteiger partial charge in [-0.3, -0.25) is 0 Å². The van der Waals surface area contributed by atoms with Gasteiger partial charge in [-0.1, -0.05) is 15.9 Å². The molecule has 0 saturated heterocycles. The first-order valence-electron chi connectivity index (χ1n) is 4.70. The lowest BCUT2D eigenvalue weighted by molar-refractivity contribution is 0.861. The van der Waals surface area contributed by atoms with Gasteiger partial charge in [0.25, 0.3) is 0 Å². The van der Waals surface area contributed by atoms with E-state index < -0.39 is 0 Å². The molecule has 0 aliphatic rings. The van der Waals surface area contributed by atoms with Crippen molar-refractivity contribution in [3.05, 3.63) is 28.2 Å². The molecule has 1 aromatic carbocycles. The molecule has 0 aliphatic heterocycles. The fraction of sp³-hybridized carbons (Fsp3) is 0.455. The molecule has 0 aliphatic carbocycles. The monoisotopic (exact) mass is 241 g/mol. The minimum atomic E-state index is 1.07. The zero-order chi connectivity index (χ0) is 9.84. The Labute approximate surface area is 88.9 Å². The molecular weight excluding hydrogens is 226 g/mol. The Morgan fingerprint density at radius 3 is 2.31 bits per heavy atom. The molecular formula is C11H16BrN. The maximum Gasteiger partial charge on any atom is 0.0396 e. The summed E-state index contributed by atoms with van der Waals surface area (Å²) in [6.45, 7) is 8.66. The van der Waals surface area contributed by atoms with Crippen molar-refractivity contribution in [2.75, 3.05) is 18.0 Å². The summed E-state index contributed by atoms with van der Waals surface area (Å²) in [5, 5.41) is 0. The van der Waals surface area contributed by atoms with Crippen LogP contribution >= 0.6 is 15.9 Å². The van der Waals surface area contributed by atoms with Crippen LogP contribution in [0.3, 0.4) is 0 Å². The third-order valence-electron chi connectivity index (χ3n) is 2.26. The Hall–Kier alpha value is -0.500. The van der Waals surface area contributed by atoms with E-state index in [1.165, 1.54) is 11.3 Å². The number of aryl methyl sites for hydroxylation is 1. The van der Waals surface area contributed by atoms with Crippen LogP contribution in [-0.4, -0.2) is 13.1 Å². The van der Waals surface area contributed by atoms with Crippen LogP contribution in [0.2, 0.25) is 0 Å². The largest absolute Gasteiger partial charge is 0.372 e. The van der Waals surface area contributed by atoms with Gasteiger partial charge >= 0.3 is 0 Å². The minimum absolute atomic E-state index is 1.07. The maximum atomic E-state index is 3.47. The summed E-state index contributed by atoms with van der Waals surface area (Å²) in [5.41, 5.74) is 2.67. The number of rotatable bonds is 3. The van der Waals surface area contributed by atoms with Gasteiger partial charge in [0.1, 0.15) is 0 Å². The molecule has 0 atom stereocenters. The average Bonchev–Trinajstić information content (AvgIpc) is 2.10. The smallest absolute Gasteiger partial charge is 0.0396 e. The van der Waals surface area contributed by atoms with E-state index in [1.807, 2.05) is 0 Å². The maximum absolute atomic E-state index is 3.47. The van der Waals surface area contributed by atoms with Crippen molar-refractivity contribution in [1.29, 1.82) is 0 Å². The van der Waals surface area contributed by atoms with E-state index in [1.54, 1.807) is 0 Å². The average molecular weight is 242 g/mol. The van der Waals surface area contributed by atoms with Gasteiger partial charge in [0, 0.05) is 23.2 Å². The van der Waals surface area contributed by atoms with Gasteiger partial charge in [-0.2, -0.15) is 0 Å². The fourth-order valence-electron chi connectivity index (χ4n) is 1.54. The van der Waals surface area contributed by atoms with Gasteiger partial charge in [-0.05, 0) is 44.5 Å². The first-order valence-corrected chi connectivity index (χ1v) is 5.49. The summed E-state index contributed by atoms with van der Waals surface area (Å²) >= 11 is 3.47. The van der Waals surface area contributed by atoms with Gasteiger partial charge in [0.15, 0.2) is 0 Å². The lowest BCUT2D eigenvalue weighted by atomic mass is 10.2. The molecule has 0 fully saturated rings. The van der Waals surface area contributed by atoms with Crippen molar-refractivity contribution >= 4 is 21.6 Å². The highest BCUT2D eigenvalue weighted by Gasteiger charge is 2.04. The third-order valence-corrected chi connectivity index (χ3v) is 2.76. The molecule has 0 unspecified atom stereocenters. The summed E-state index contributed by atoms with van der Waals surface area (Å²) in [6.07, 6.45) is 0. The molecule has 0 saturated carbocycles. The van der Waals surface area contributed by atoms with Crippen LogP contribution < -0.4 is 4.90 Å². The van der Waals surface area contributed by atoms with E-state index in [0.717, 1.165) is 17.6 Å². The number of anilines is 1. The molecule has 1 aromatic rings. The summed E-state index contributed by atoms with van der Waals surface area (Å²) in [4.78, 5) is 2.36. The minimum Gasteiger partial charge on any atom is -0.372 e. The molecule has 0 heterocycles. The fourth-order valence-corrected chi connectivity index (χ4v) is 2.01. The molecule has 0 bridgehead atoms. The van der Waals surface area contributed by atoms with E-state index >= 15 is 0 Å². The standard InChI is InChI=1S/C11H16BrN/c1-4-13(5-2)11-7-6-10(12)8-9(11)3/h6-8H,4-5H2,1-3H3. The van der Waals surface area contributed by atoms with Crippen LogP contribution in [0.1, 0.15) is 19.4 Å². The second-order valence-electron chi connectivity index (χ2n) is 3.10. The molecule has 2 heteroatoms. The summed E-state index contributed by atoms with van der Waals surface area (Å²) in [6, 6.07) is 6.43. The lowest BCUT2D eigenvalue weighted by Crippen LogP contribution is -2.22. The molecule has 0 spiro atoms. The molecule has 0 radical (unpaired) electrons. The number of hydrogen-bond donors (Lipinski definition) is 0. The second-order valence-corrected chi connectivity index (χ2v) is 4.02. The molecule has 0 aromatic heterocycles. The van der Waals surface area contributed by atoms with Gasteiger partial charge < -0.3 is 4.90 Å². The van der Waals surface area contributed by atoms with Crippen LogP contribution in [0.5, 0.6) is 0 Å². The van der Waals surface area contributed by atoms with Gasteiger partial charge in [0.05, 0.1) is 0 Å². The number of hydrogen-bond acceptors (Lipinski definition) is 1. The van der Waals surface area contributed by atoms with Crippen molar-refractivity contribution in [3.63, 3.8) is 0 Å². The van der Waals surface area contributed by atoms with Crippen molar-refractivity contribution in [1.82, 2.24) is 0 Å². The summed E-state index contributed by atoms with van der Waals surface area (Å²) in [5.74, 6) is 0. The molecule has 72 valence electrons. The normalized spacial score (nSPS) is 10.2. The van der Waals surface area contributed by atoms with Crippen molar-refractivity contribution in [2.24, 2.45) is 0 Å². The Bertz CT molecular complexity index is 279. The second kappa shape index (κ2) is 4.66. The van der Waals surface area contributed by atoms with Gasteiger partial charge in [0.2, 0.25) is 0 Å². The molecule has 1 rings (SSSR count). The highest BCUT2D eigenvalue weighted by molar-refractivity contribution is 9.10. The van der Waals surface area contributed by atoms with Crippen LogP contribution in [0, 0.1) is 6.92 Å². The third kappa shape index (κ3) is 2.47. The van der Waals surface area contributed by atoms with Crippen LogP contribution in [-0.2, 0) is 0 Å². The lowest BCUT2D eigenvalue weighted by Gasteiger charge is -2.23. The van der Waals surface area contributed by atoms with E-state index in [9.17, 15) is 0 Å². The molecule has 1 nitrogen and oxygen atoms in total. The van der Waals surface area contributed by atoms with E-state index in [-0.39, 0.29) is 0 Å². The Morgan fingerprint density at radius 1 is 1.23 bits per heavy atom. The van der Waals surface area contributed by atoms with Crippen molar-refractivity contribution < 1.29 is 0 Å². The van der Waals surface area contributed by atoms with Crippen molar-refractivity contribution in [2.45, 2.75) is 20.8 Å². The van der Waals surface area contributed by atoms with E-state index in [2.05, 4.69) is 59.8 Å². The van der Waals surface area contributed by atoms with E-state index in [0.29, 0.717) is 0 Å². The SMILES string of the molecule is CCN(CC)c1ccc(Br)cc1C. The topological polar surface area (TPSA) is 3.24 Å². The summed E-state index contributed by atoms with van der Waals surface area (Å²) < 4.78 is 1.15. The zero-order valence-corrected chi connectivity index (χ0v) is 10.1. The first-order chi connectivity index (χ1) is 6.19. The number of nitrogens with zero attached hydrogens (tertiary/aromatic N) is 1. The molecule has 0 amide bonds. The van der Waals surface area contributed by atoms with Gasteiger partial charge in [-0.25, -0.2) is 0 Å². The molecule has 13 heavy (non-hydrogen) atoms. The predicted molar refractivity (Wildman–Crippen MR) is 62.4 cm³/mol. The number of halogens is 1. The Morgan fingerprint density at radius 2 is 1.85 bits per heavy atom. The Balaban J connectivity index is 2.99. The van der Waals surface area contributed by atoms with Gasteiger partial charge in [-0.15, -0.1) is 0 Å². The zero-order valence-electron chi connectivity index (χ0n) is 8.47. The van der Waals surface area contributed by atoms with Crippen molar-refractivity contribution in [3.8, 4) is 0 Å². The Kier molecular flexibility index (Phi) is 3.79. The first kappa shape index (κ1) is 10.6. The highest BCUT2D eigenvalue weighted by atomic mass is 79.9. The van der Waals surface area contributed by atoms with Crippen LogP contribution in [0.15, 0.2) is 22.7 Å². The number of benzene rings is 1. The summed E-state index contributed by atoms with van der Waals surface area (Å²) in [7, 11) is 0.